The van der Waals surface area contributed by atoms with E-state index in [9.17, 15) is 0 Å². The molecule has 0 atom stereocenters. The molecule has 0 spiro atoms. The van der Waals surface area contributed by atoms with Crippen LogP contribution in [0.2, 0.25) is 0 Å². The molecule has 4 N–H and O–H groups in total. The number of aromatic nitrogens is 1. The lowest BCUT2D eigenvalue weighted by atomic mass is 10.1. The Hall–Kier alpha value is -1.49. The number of rotatable bonds is 1. The number of fused-ring (bicyclic) bond motifs is 1. The lowest BCUT2D eigenvalue weighted by Crippen LogP contribution is -1.97. The van der Waals surface area contributed by atoms with Crippen LogP contribution in [0.15, 0.2) is 22.8 Å². The van der Waals surface area contributed by atoms with E-state index in [0.29, 0.717) is 11.4 Å². The minimum Gasteiger partial charge on any atom is -0.495 e. The second kappa shape index (κ2) is 3.58. The highest BCUT2D eigenvalue weighted by Gasteiger charge is 2.07. The van der Waals surface area contributed by atoms with Crippen LogP contribution in [0, 0.1) is 0 Å². The molecule has 0 radical (unpaired) electrons. The lowest BCUT2D eigenvalue weighted by Gasteiger charge is -2.08. The van der Waals surface area contributed by atoms with Crippen molar-refractivity contribution in [3.05, 3.63) is 22.8 Å². The summed E-state index contributed by atoms with van der Waals surface area (Å²) in [5.74, 6) is 0.721. The first-order valence-corrected chi connectivity index (χ1v) is 5.10. The molecule has 0 aliphatic rings. The van der Waals surface area contributed by atoms with Gasteiger partial charge in [0.05, 0.1) is 34.7 Å². The van der Waals surface area contributed by atoms with Crippen LogP contribution in [0.3, 0.4) is 0 Å². The fraction of sp³-hybridized carbons (Fsp3) is 0.100. The summed E-state index contributed by atoms with van der Waals surface area (Å²) in [6.07, 6.45) is 1.55. The number of hydrogen-bond donors (Lipinski definition) is 2. The van der Waals surface area contributed by atoms with Crippen LogP contribution >= 0.6 is 15.9 Å². The molecule has 0 saturated heterocycles. The Morgan fingerprint density at radius 1 is 1.33 bits per heavy atom. The van der Waals surface area contributed by atoms with Crippen molar-refractivity contribution >= 4 is 38.2 Å². The highest BCUT2D eigenvalue weighted by Crippen LogP contribution is 2.33. The van der Waals surface area contributed by atoms with E-state index in [-0.39, 0.29) is 0 Å². The van der Waals surface area contributed by atoms with Gasteiger partial charge in [-0.05, 0) is 22.0 Å². The largest absolute Gasteiger partial charge is 0.495 e. The van der Waals surface area contributed by atoms with Crippen LogP contribution in [0.25, 0.3) is 10.9 Å². The van der Waals surface area contributed by atoms with Crippen molar-refractivity contribution in [3.63, 3.8) is 0 Å². The van der Waals surface area contributed by atoms with Crippen molar-refractivity contribution in [2.75, 3.05) is 18.6 Å². The monoisotopic (exact) mass is 267 g/mol. The Morgan fingerprint density at radius 3 is 2.73 bits per heavy atom. The molecule has 0 aliphatic carbocycles. The number of methoxy groups -OCH3 is 1. The Labute approximate surface area is 95.4 Å². The van der Waals surface area contributed by atoms with E-state index >= 15 is 0 Å². The highest BCUT2D eigenvalue weighted by molar-refractivity contribution is 9.10. The molecule has 78 valence electrons. The molecule has 1 heterocycles. The summed E-state index contributed by atoms with van der Waals surface area (Å²) >= 11 is 3.39. The molecule has 0 saturated carbocycles. The Balaban J connectivity index is 2.81. The molecule has 4 nitrogen and oxygen atoms in total. The lowest BCUT2D eigenvalue weighted by molar-refractivity contribution is 0.412. The maximum Gasteiger partial charge on any atom is 0.135 e. The zero-order chi connectivity index (χ0) is 11.0. The summed E-state index contributed by atoms with van der Waals surface area (Å²) in [7, 11) is 1.60. The van der Waals surface area contributed by atoms with E-state index < -0.39 is 0 Å². The predicted molar refractivity (Wildman–Crippen MR) is 64.8 cm³/mol. The quantitative estimate of drug-likeness (QED) is 0.831. The number of halogens is 1. The van der Waals surface area contributed by atoms with Crippen LogP contribution in [0.5, 0.6) is 5.75 Å². The molecule has 0 unspecified atom stereocenters. The van der Waals surface area contributed by atoms with Gasteiger partial charge in [0.2, 0.25) is 0 Å². The van der Waals surface area contributed by atoms with E-state index in [2.05, 4.69) is 20.9 Å². The second-order valence-electron chi connectivity index (χ2n) is 3.13. The first-order valence-electron chi connectivity index (χ1n) is 4.30. The third-order valence-corrected chi connectivity index (χ3v) is 2.83. The van der Waals surface area contributed by atoms with E-state index in [4.69, 9.17) is 16.2 Å². The van der Waals surface area contributed by atoms with Crippen molar-refractivity contribution in [1.82, 2.24) is 4.98 Å². The van der Waals surface area contributed by atoms with Gasteiger partial charge in [-0.2, -0.15) is 0 Å². The van der Waals surface area contributed by atoms with Crippen molar-refractivity contribution in [2.24, 2.45) is 0 Å². The molecule has 0 amide bonds. The standard InChI is InChI=1S/C10H10BrN3O/c1-15-9-3-8-5(2-6(9)11)10(13)7(12)4-14-8/h2-4H,12H2,1H3,(H2,13,14). The average molecular weight is 268 g/mol. The van der Waals surface area contributed by atoms with Crippen molar-refractivity contribution < 1.29 is 4.74 Å². The van der Waals surface area contributed by atoms with Gasteiger partial charge >= 0.3 is 0 Å². The van der Waals surface area contributed by atoms with E-state index in [1.165, 1.54) is 0 Å². The van der Waals surface area contributed by atoms with Crippen LogP contribution in [0.1, 0.15) is 0 Å². The zero-order valence-electron chi connectivity index (χ0n) is 8.12. The smallest absolute Gasteiger partial charge is 0.135 e. The minimum absolute atomic E-state index is 0.486. The van der Waals surface area contributed by atoms with Gasteiger partial charge in [-0.25, -0.2) is 0 Å². The fourth-order valence-electron chi connectivity index (χ4n) is 1.39. The summed E-state index contributed by atoms with van der Waals surface area (Å²) in [5, 5.41) is 0.822. The van der Waals surface area contributed by atoms with Gasteiger partial charge in [0, 0.05) is 11.5 Å². The number of anilines is 2. The Morgan fingerprint density at radius 2 is 2.07 bits per heavy atom. The van der Waals surface area contributed by atoms with E-state index in [0.717, 1.165) is 21.1 Å². The molecule has 1 aromatic heterocycles. The molecule has 0 bridgehead atoms. The third kappa shape index (κ3) is 1.59. The van der Waals surface area contributed by atoms with Gasteiger partial charge in [-0.15, -0.1) is 0 Å². The second-order valence-corrected chi connectivity index (χ2v) is 3.99. The topological polar surface area (TPSA) is 74.2 Å². The number of nitrogen functional groups attached to an aromatic ring is 2. The molecule has 1 aromatic carbocycles. The summed E-state index contributed by atoms with van der Waals surface area (Å²) in [6, 6.07) is 3.67. The van der Waals surface area contributed by atoms with Gasteiger partial charge in [-0.1, -0.05) is 0 Å². The SMILES string of the molecule is COc1cc2ncc(N)c(N)c2cc1Br. The van der Waals surface area contributed by atoms with Gasteiger partial charge in [0.15, 0.2) is 0 Å². The Bertz CT molecular complexity index is 528. The van der Waals surface area contributed by atoms with Crippen molar-refractivity contribution in [2.45, 2.75) is 0 Å². The van der Waals surface area contributed by atoms with Gasteiger partial charge in [-0.3, -0.25) is 4.98 Å². The fourth-order valence-corrected chi connectivity index (χ4v) is 1.89. The van der Waals surface area contributed by atoms with E-state index in [1.54, 1.807) is 13.3 Å². The van der Waals surface area contributed by atoms with E-state index in [1.807, 2.05) is 12.1 Å². The first-order chi connectivity index (χ1) is 7.13. The molecule has 5 heteroatoms. The van der Waals surface area contributed by atoms with Crippen LogP contribution < -0.4 is 16.2 Å². The van der Waals surface area contributed by atoms with Crippen LogP contribution in [-0.2, 0) is 0 Å². The molecule has 2 rings (SSSR count). The average Bonchev–Trinajstić information content (AvgIpc) is 2.24. The number of benzene rings is 1. The highest BCUT2D eigenvalue weighted by atomic mass is 79.9. The van der Waals surface area contributed by atoms with Gasteiger partial charge in [0.1, 0.15) is 5.75 Å². The minimum atomic E-state index is 0.486. The normalized spacial score (nSPS) is 10.5. The molecular formula is C10H10BrN3O. The molecule has 15 heavy (non-hydrogen) atoms. The van der Waals surface area contributed by atoms with Crippen LogP contribution in [0.4, 0.5) is 11.4 Å². The summed E-state index contributed by atoms with van der Waals surface area (Å²) < 4.78 is 5.99. The maximum absolute atomic E-state index is 5.85. The molecule has 2 aromatic rings. The molecular weight excluding hydrogens is 258 g/mol. The predicted octanol–water partition coefficient (Wildman–Crippen LogP) is 2.17. The number of nitrogens with two attached hydrogens (primary N) is 2. The van der Waals surface area contributed by atoms with Crippen molar-refractivity contribution in [1.29, 1.82) is 0 Å². The summed E-state index contributed by atoms with van der Waals surface area (Å²) in [4.78, 5) is 4.19. The molecule has 0 fully saturated rings. The number of hydrogen-bond acceptors (Lipinski definition) is 4. The van der Waals surface area contributed by atoms with Gasteiger partial charge < -0.3 is 16.2 Å². The number of nitrogens with zero attached hydrogens (tertiary/aromatic N) is 1. The number of pyridine rings is 1. The number of ether oxygens (including phenoxy) is 1. The zero-order valence-corrected chi connectivity index (χ0v) is 9.71. The first kappa shape index (κ1) is 10.0. The summed E-state index contributed by atoms with van der Waals surface area (Å²) in [5.41, 5.74) is 13.3. The van der Waals surface area contributed by atoms with Crippen molar-refractivity contribution in [3.8, 4) is 5.75 Å². The molecule has 0 aliphatic heterocycles. The summed E-state index contributed by atoms with van der Waals surface area (Å²) in [6.45, 7) is 0. The Kier molecular flexibility index (Phi) is 2.40. The third-order valence-electron chi connectivity index (χ3n) is 2.21. The van der Waals surface area contributed by atoms with Crippen LogP contribution in [-0.4, -0.2) is 12.1 Å². The van der Waals surface area contributed by atoms with Gasteiger partial charge in [0.25, 0.3) is 0 Å². The maximum atomic E-state index is 5.85.